The van der Waals surface area contributed by atoms with Crippen LogP contribution in [0.25, 0.3) is 0 Å². The van der Waals surface area contributed by atoms with Gasteiger partial charge in [0.15, 0.2) is 5.79 Å². The summed E-state index contributed by atoms with van der Waals surface area (Å²) in [6, 6.07) is 0. The Morgan fingerprint density at radius 3 is 2.86 bits per heavy atom. The second-order valence-corrected chi connectivity index (χ2v) is 6.46. The molecule has 1 fully saturated rings. The van der Waals surface area contributed by atoms with Crippen LogP contribution in [0, 0.1) is 5.41 Å². The summed E-state index contributed by atoms with van der Waals surface area (Å²) in [4.78, 5) is 11.8. The molecule has 1 aromatic rings. The molecule has 0 bridgehead atoms. The van der Waals surface area contributed by atoms with Crippen LogP contribution in [0.5, 0.6) is 0 Å². The number of hydrogen-bond donors (Lipinski definition) is 0. The lowest BCUT2D eigenvalue weighted by molar-refractivity contribution is -0.163. The average molecular weight is 294 g/mol. The van der Waals surface area contributed by atoms with Gasteiger partial charge in [-0.15, -0.1) is 0 Å². The molecule has 0 saturated carbocycles. The summed E-state index contributed by atoms with van der Waals surface area (Å²) < 4.78 is 18.2. The molecule has 6 nitrogen and oxygen atoms in total. The first kappa shape index (κ1) is 14.5. The highest BCUT2D eigenvalue weighted by molar-refractivity contribution is 5.75. The van der Waals surface area contributed by atoms with E-state index >= 15 is 0 Å². The van der Waals surface area contributed by atoms with E-state index in [-0.39, 0.29) is 5.97 Å². The summed E-state index contributed by atoms with van der Waals surface area (Å²) in [5, 5.41) is 4.60. The molecule has 6 heteroatoms. The van der Waals surface area contributed by atoms with E-state index in [1.165, 1.54) is 7.11 Å². The van der Waals surface area contributed by atoms with Crippen LogP contribution in [0.1, 0.15) is 31.5 Å². The molecule has 3 rings (SSSR count). The van der Waals surface area contributed by atoms with Crippen molar-refractivity contribution in [1.29, 1.82) is 0 Å². The number of hydrogen-bond acceptors (Lipinski definition) is 5. The Kier molecular flexibility index (Phi) is 3.53. The maximum atomic E-state index is 11.8. The van der Waals surface area contributed by atoms with Crippen LogP contribution < -0.4 is 0 Å². The molecule has 2 aliphatic rings. The topological polar surface area (TPSA) is 62.6 Å². The van der Waals surface area contributed by atoms with Crippen molar-refractivity contribution in [2.45, 2.75) is 45.4 Å². The third-order valence-corrected chi connectivity index (χ3v) is 4.24. The maximum Gasteiger partial charge on any atom is 0.313 e. The number of esters is 1. The molecule has 1 aliphatic carbocycles. The Labute approximate surface area is 124 Å². The molecule has 116 valence electrons. The molecular weight excluding hydrogens is 272 g/mol. The second kappa shape index (κ2) is 5.10. The van der Waals surface area contributed by atoms with Crippen LogP contribution in [0.2, 0.25) is 0 Å². The van der Waals surface area contributed by atoms with Gasteiger partial charge in [0.05, 0.1) is 38.0 Å². The predicted molar refractivity (Wildman–Crippen MR) is 74.7 cm³/mol. The van der Waals surface area contributed by atoms with E-state index in [0.29, 0.717) is 19.8 Å². The van der Waals surface area contributed by atoms with E-state index in [2.05, 4.69) is 5.10 Å². The molecule has 21 heavy (non-hydrogen) atoms. The smallest absolute Gasteiger partial charge is 0.313 e. The Morgan fingerprint density at radius 2 is 2.19 bits per heavy atom. The van der Waals surface area contributed by atoms with Crippen LogP contribution in [-0.2, 0) is 38.4 Å². The maximum absolute atomic E-state index is 11.8. The van der Waals surface area contributed by atoms with Gasteiger partial charge < -0.3 is 14.2 Å². The standard InChI is InChI=1S/C15H22N2O4/c1-14(2,13(18)19-3)10-17-9-11-8-15(20-6-7-21-15)5-4-12(11)16-17/h9H,4-8,10H2,1-3H3. The summed E-state index contributed by atoms with van der Waals surface area (Å²) in [6.07, 6.45) is 4.44. The fraction of sp³-hybridized carbons (Fsp3) is 0.733. The summed E-state index contributed by atoms with van der Waals surface area (Å²) in [6.45, 7) is 5.56. The highest BCUT2D eigenvalue weighted by Gasteiger charge is 2.41. The number of carbonyl (C=O) groups excluding carboxylic acids is 1. The van der Waals surface area contributed by atoms with Crippen molar-refractivity contribution in [3.05, 3.63) is 17.5 Å². The fourth-order valence-electron chi connectivity index (χ4n) is 3.12. The third-order valence-electron chi connectivity index (χ3n) is 4.24. The Bertz CT molecular complexity index is 544. The van der Waals surface area contributed by atoms with Gasteiger partial charge in [-0.2, -0.15) is 5.10 Å². The lowest BCUT2D eigenvalue weighted by Gasteiger charge is -2.30. The minimum Gasteiger partial charge on any atom is -0.469 e. The van der Waals surface area contributed by atoms with E-state index in [9.17, 15) is 4.79 Å². The van der Waals surface area contributed by atoms with Gasteiger partial charge in [0, 0.05) is 19.0 Å². The first-order chi connectivity index (χ1) is 9.94. The number of aryl methyl sites for hydroxylation is 1. The van der Waals surface area contributed by atoms with Crippen LogP contribution in [0.15, 0.2) is 6.20 Å². The molecule has 0 radical (unpaired) electrons. The molecule has 1 spiro atoms. The predicted octanol–water partition coefficient (Wildman–Crippen LogP) is 1.31. The molecule has 0 atom stereocenters. The van der Waals surface area contributed by atoms with E-state index in [1.807, 2.05) is 24.7 Å². The van der Waals surface area contributed by atoms with Gasteiger partial charge in [0.2, 0.25) is 0 Å². The number of aromatic nitrogens is 2. The number of rotatable bonds is 3. The van der Waals surface area contributed by atoms with E-state index in [0.717, 1.165) is 30.5 Å². The average Bonchev–Trinajstić information content (AvgIpc) is 3.04. The van der Waals surface area contributed by atoms with E-state index < -0.39 is 11.2 Å². The van der Waals surface area contributed by atoms with E-state index in [1.54, 1.807) is 0 Å². The molecule has 0 N–H and O–H groups in total. The fourth-order valence-corrected chi connectivity index (χ4v) is 3.12. The number of fused-ring (bicyclic) bond motifs is 1. The van der Waals surface area contributed by atoms with Crippen LogP contribution in [0.3, 0.4) is 0 Å². The van der Waals surface area contributed by atoms with Crippen molar-refractivity contribution < 1.29 is 19.0 Å². The van der Waals surface area contributed by atoms with Crippen molar-refractivity contribution in [3.63, 3.8) is 0 Å². The van der Waals surface area contributed by atoms with Gasteiger partial charge in [-0.25, -0.2) is 0 Å². The van der Waals surface area contributed by atoms with Gasteiger partial charge in [-0.1, -0.05) is 0 Å². The Balaban J connectivity index is 1.76. The van der Waals surface area contributed by atoms with E-state index in [4.69, 9.17) is 14.2 Å². The van der Waals surface area contributed by atoms with Crippen molar-refractivity contribution in [2.24, 2.45) is 5.41 Å². The normalized spacial score (nSPS) is 20.5. The summed E-state index contributed by atoms with van der Waals surface area (Å²) in [7, 11) is 1.41. The van der Waals surface area contributed by atoms with Crippen molar-refractivity contribution >= 4 is 5.97 Å². The van der Waals surface area contributed by atoms with Gasteiger partial charge in [0.1, 0.15) is 0 Å². The number of nitrogens with zero attached hydrogens (tertiary/aromatic N) is 2. The monoisotopic (exact) mass is 294 g/mol. The molecule has 2 heterocycles. The summed E-state index contributed by atoms with van der Waals surface area (Å²) in [5.41, 5.74) is 1.64. The van der Waals surface area contributed by atoms with Gasteiger partial charge >= 0.3 is 5.97 Å². The summed E-state index contributed by atoms with van der Waals surface area (Å²) >= 11 is 0. The largest absolute Gasteiger partial charge is 0.469 e. The lowest BCUT2D eigenvalue weighted by Crippen LogP contribution is -2.36. The van der Waals surface area contributed by atoms with Gasteiger partial charge in [-0.3, -0.25) is 9.48 Å². The van der Waals surface area contributed by atoms with Crippen LogP contribution in [0.4, 0.5) is 0 Å². The first-order valence-corrected chi connectivity index (χ1v) is 7.36. The second-order valence-electron chi connectivity index (χ2n) is 6.46. The van der Waals surface area contributed by atoms with Crippen molar-refractivity contribution in [1.82, 2.24) is 9.78 Å². The quantitative estimate of drug-likeness (QED) is 0.787. The molecule has 1 aliphatic heterocycles. The van der Waals surface area contributed by atoms with Crippen molar-refractivity contribution in [3.8, 4) is 0 Å². The molecule has 0 unspecified atom stereocenters. The third kappa shape index (κ3) is 2.70. The summed E-state index contributed by atoms with van der Waals surface area (Å²) in [5.74, 6) is -0.673. The molecule has 0 aromatic carbocycles. The number of methoxy groups -OCH3 is 1. The van der Waals surface area contributed by atoms with Crippen LogP contribution >= 0.6 is 0 Å². The van der Waals surface area contributed by atoms with Gasteiger partial charge in [0.25, 0.3) is 0 Å². The zero-order chi connectivity index (χ0) is 15.1. The lowest BCUT2D eigenvalue weighted by atomic mass is 9.92. The number of ether oxygens (including phenoxy) is 3. The minimum absolute atomic E-state index is 0.227. The van der Waals surface area contributed by atoms with Crippen molar-refractivity contribution in [2.75, 3.05) is 20.3 Å². The highest BCUT2D eigenvalue weighted by Crippen LogP contribution is 2.35. The highest BCUT2D eigenvalue weighted by atomic mass is 16.7. The number of carbonyl (C=O) groups is 1. The zero-order valence-corrected chi connectivity index (χ0v) is 12.8. The Morgan fingerprint density at radius 1 is 1.48 bits per heavy atom. The Hall–Kier alpha value is -1.40. The zero-order valence-electron chi connectivity index (χ0n) is 12.8. The molecule has 1 saturated heterocycles. The molecule has 1 aromatic heterocycles. The minimum atomic E-state index is -0.596. The first-order valence-electron chi connectivity index (χ1n) is 7.36. The SMILES string of the molecule is COC(=O)C(C)(C)Cn1cc2c(n1)CCC1(C2)OCCO1. The molecule has 0 amide bonds. The van der Waals surface area contributed by atoms with Gasteiger partial charge in [-0.05, 0) is 25.8 Å². The molecular formula is C15H22N2O4. The van der Waals surface area contributed by atoms with Crippen LogP contribution in [-0.4, -0.2) is 41.9 Å².